The van der Waals surface area contributed by atoms with Crippen molar-refractivity contribution in [2.45, 2.75) is 11.4 Å². The van der Waals surface area contributed by atoms with Gasteiger partial charge < -0.3 is 5.32 Å². The lowest BCUT2D eigenvalue weighted by Crippen LogP contribution is -2.19. The van der Waals surface area contributed by atoms with E-state index in [1.807, 2.05) is 7.05 Å². The predicted octanol–water partition coefficient (Wildman–Crippen LogP) is 1.08. The van der Waals surface area contributed by atoms with Gasteiger partial charge in [0.15, 0.2) is 0 Å². The third-order valence-corrected chi connectivity index (χ3v) is 4.33. The van der Waals surface area contributed by atoms with Crippen molar-refractivity contribution in [3.05, 3.63) is 28.2 Å². The van der Waals surface area contributed by atoms with Crippen LogP contribution in [0.25, 0.3) is 0 Å². The molecule has 4 nitrogen and oxygen atoms in total. The predicted molar refractivity (Wildman–Crippen MR) is 63.2 cm³/mol. The molecule has 0 aromatic heterocycles. The summed E-state index contributed by atoms with van der Waals surface area (Å²) in [5, 5.41) is 3.00. The molecule has 0 saturated carbocycles. The zero-order chi connectivity index (χ0) is 11.5. The Labute approximate surface area is 98.3 Å². The van der Waals surface area contributed by atoms with Gasteiger partial charge in [0, 0.05) is 11.0 Å². The number of benzene rings is 1. The van der Waals surface area contributed by atoms with Gasteiger partial charge >= 0.3 is 0 Å². The summed E-state index contributed by atoms with van der Waals surface area (Å²) in [5.74, 6) is 0. The van der Waals surface area contributed by atoms with Gasteiger partial charge in [-0.15, -0.1) is 0 Å². The first-order chi connectivity index (χ1) is 7.01. The molecule has 0 unspecified atom stereocenters. The molecular formula is C9H13BrN2O2S. The first-order valence-corrected chi connectivity index (χ1v) is 6.65. The molecule has 0 amide bonds. The number of rotatable bonds is 4. The van der Waals surface area contributed by atoms with Crippen molar-refractivity contribution in [1.82, 2.24) is 10.0 Å². The van der Waals surface area contributed by atoms with Crippen LogP contribution in [0, 0.1) is 0 Å². The van der Waals surface area contributed by atoms with Crippen LogP contribution in [0.1, 0.15) is 5.56 Å². The van der Waals surface area contributed by atoms with Crippen molar-refractivity contribution in [2.75, 3.05) is 14.1 Å². The lowest BCUT2D eigenvalue weighted by molar-refractivity contribution is 0.587. The standard InChI is InChI=1S/C9H13BrN2O2S/c1-11-6-7-3-4-9(8(10)5-7)15(13,14)12-2/h3-5,11-12H,6H2,1-2H3. The summed E-state index contributed by atoms with van der Waals surface area (Å²) >= 11 is 3.25. The molecule has 1 aromatic carbocycles. The van der Waals surface area contributed by atoms with Crippen molar-refractivity contribution >= 4 is 26.0 Å². The zero-order valence-corrected chi connectivity index (χ0v) is 10.9. The average molecular weight is 293 g/mol. The summed E-state index contributed by atoms with van der Waals surface area (Å²) in [6.45, 7) is 0.707. The zero-order valence-electron chi connectivity index (χ0n) is 8.54. The van der Waals surface area contributed by atoms with Crippen LogP contribution in [0.5, 0.6) is 0 Å². The van der Waals surface area contributed by atoms with E-state index < -0.39 is 10.0 Å². The second-order valence-corrected chi connectivity index (χ2v) is 5.71. The van der Waals surface area contributed by atoms with Gasteiger partial charge in [-0.3, -0.25) is 0 Å². The Morgan fingerprint density at radius 1 is 1.33 bits per heavy atom. The Kier molecular flexibility index (Phi) is 4.27. The summed E-state index contributed by atoms with van der Waals surface area (Å²) in [6.07, 6.45) is 0. The Bertz CT molecular complexity index is 445. The summed E-state index contributed by atoms with van der Waals surface area (Å²) < 4.78 is 25.9. The van der Waals surface area contributed by atoms with Crippen molar-refractivity contribution in [3.8, 4) is 0 Å². The third-order valence-electron chi connectivity index (χ3n) is 1.94. The summed E-state index contributed by atoms with van der Waals surface area (Å²) in [5.41, 5.74) is 1.03. The van der Waals surface area contributed by atoms with Crippen LogP contribution in [0.3, 0.4) is 0 Å². The minimum atomic E-state index is -3.38. The Balaban J connectivity index is 3.14. The van der Waals surface area contributed by atoms with Crippen LogP contribution in [-0.2, 0) is 16.6 Å². The second kappa shape index (κ2) is 5.07. The van der Waals surface area contributed by atoms with E-state index >= 15 is 0 Å². The molecular weight excluding hydrogens is 280 g/mol. The van der Waals surface area contributed by atoms with E-state index in [9.17, 15) is 8.42 Å². The summed E-state index contributed by atoms with van der Waals surface area (Å²) in [4.78, 5) is 0.254. The molecule has 0 saturated heterocycles. The summed E-state index contributed by atoms with van der Waals surface area (Å²) in [6, 6.07) is 5.16. The monoisotopic (exact) mass is 292 g/mol. The van der Waals surface area contributed by atoms with Crippen LogP contribution in [0.2, 0.25) is 0 Å². The maximum absolute atomic E-state index is 11.5. The molecule has 15 heavy (non-hydrogen) atoms. The van der Waals surface area contributed by atoms with Gasteiger partial charge in [-0.1, -0.05) is 6.07 Å². The fourth-order valence-corrected chi connectivity index (χ4v) is 3.03. The van der Waals surface area contributed by atoms with Crippen molar-refractivity contribution in [2.24, 2.45) is 0 Å². The molecule has 0 heterocycles. The molecule has 0 bridgehead atoms. The van der Waals surface area contributed by atoms with E-state index in [1.54, 1.807) is 18.2 Å². The largest absolute Gasteiger partial charge is 0.316 e. The normalized spacial score (nSPS) is 11.7. The van der Waals surface area contributed by atoms with E-state index in [0.29, 0.717) is 11.0 Å². The fraction of sp³-hybridized carbons (Fsp3) is 0.333. The van der Waals surface area contributed by atoms with Crippen LogP contribution >= 0.6 is 15.9 Å². The number of sulfonamides is 1. The van der Waals surface area contributed by atoms with Crippen molar-refractivity contribution in [3.63, 3.8) is 0 Å². The average Bonchev–Trinajstić information content (AvgIpc) is 2.18. The van der Waals surface area contributed by atoms with Gasteiger partial charge in [0.25, 0.3) is 0 Å². The molecule has 1 rings (SSSR count). The number of hydrogen-bond donors (Lipinski definition) is 2. The van der Waals surface area contributed by atoms with E-state index in [0.717, 1.165) is 5.56 Å². The number of halogens is 1. The molecule has 0 aliphatic heterocycles. The van der Waals surface area contributed by atoms with Crippen LogP contribution in [0.15, 0.2) is 27.6 Å². The van der Waals surface area contributed by atoms with Crippen LogP contribution in [0.4, 0.5) is 0 Å². The maximum Gasteiger partial charge on any atom is 0.241 e. The minimum Gasteiger partial charge on any atom is -0.316 e. The SMILES string of the molecule is CNCc1ccc(S(=O)(=O)NC)c(Br)c1. The molecule has 0 radical (unpaired) electrons. The lowest BCUT2D eigenvalue weighted by atomic mass is 10.2. The first-order valence-electron chi connectivity index (χ1n) is 4.38. The fourth-order valence-electron chi connectivity index (χ4n) is 1.19. The molecule has 2 N–H and O–H groups in total. The van der Waals surface area contributed by atoms with E-state index in [4.69, 9.17) is 0 Å². The Hall–Kier alpha value is -0.430. The Morgan fingerprint density at radius 2 is 2.00 bits per heavy atom. The highest BCUT2D eigenvalue weighted by atomic mass is 79.9. The van der Waals surface area contributed by atoms with Crippen molar-refractivity contribution < 1.29 is 8.42 Å². The third kappa shape index (κ3) is 3.01. The van der Waals surface area contributed by atoms with Crippen LogP contribution in [-0.4, -0.2) is 22.5 Å². The lowest BCUT2D eigenvalue weighted by Gasteiger charge is -2.07. The van der Waals surface area contributed by atoms with Gasteiger partial charge in [0.2, 0.25) is 10.0 Å². The van der Waals surface area contributed by atoms with E-state index in [2.05, 4.69) is 26.0 Å². The molecule has 0 fully saturated rings. The van der Waals surface area contributed by atoms with E-state index in [-0.39, 0.29) is 4.90 Å². The van der Waals surface area contributed by atoms with Gasteiger partial charge in [-0.25, -0.2) is 13.1 Å². The molecule has 0 aliphatic rings. The molecule has 6 heteroatoms. The maximum atomic E-state index is 11.5. The second-order valence-electron chi connectivity index (χ2n) is 3.00. The van der Waals surface area contributed by atoms with Crippen LogP contribution < -0.4 is 10.0 Å². The molecule has 0 spiro atoms. The highest BCUT2D eigenvalue weighted by Gasteiger charge is 2.15. The number of nitrogens with one attached hydrogen (secondary N) is 2. The van der Waals surface area contributed by atoms with E-state index in [1.165, 1.54) is 7.05 Å². The van der Waals surface area contributed by atoms with Gasteiger partial charge in [-0.2, -0.15) is 0 Å². The Morgan fingerprint density at radius 3 is 2.47 bits per heavy atom. The highest BCUT2D eigenvalue weighted by molar-refractivity contribution is 9.10. The quantitative estimate of drug-likeness (QED) is 0.873. The van der Waals surface area contributed by atoms with Gasteiger partial charge in [0.1, 0.15) is 0 Å². The van der Waals surface area contributed by atoms with Gasteiger partial charge in [-0.05, 0) is 47.7 Å². The minimum absolute atomic E-state index is 0.254. The van der Waals surface area contributed by atoms with Gasteiger partial charge in [0.05, 0.1) is 4.90 Å². The smallest absolute Gasteiger partial charge is 0.241 e. The topological polar surface area (TPSA) is 58.2 Å². The van der Waals surface area contributed by atoms with Crippen molar-refractivity contribution in [1.29, 1.82) is 0 Å². The molecule has 1 aromatic rings. The molecule has 0 aliphatic carbocycles. The summed E-state index contributed by atoms with van der Waals surface area (Å²) in [7, 11) is -0.146. The highest BCUT2D eigenvalue weighted by Crippen LogP contribution is 2.22. The molecule has 0 atom stereocenters. The first kappa shape index (κ1) is 12.6. The number of hydrogen-bond acceptors (Lipinski definition) is 3. The molecule has 84 valence electrons.